The summed E-state index contributed by atoms with van der Waals surface area (Å²) in [6.07, 6.45) is 11.1. The van der Waals surface area contributed by atoms with Crippen LogP contribution in [0.15, 0.2) is 76.3 Å². The molecule has 0 unspecified atom stereocenters. The number of pyridine rings is 2. The van der Waals surface area contributed by atoms with Crippen molar-refractivity contribution < 1.29 is 9.18 Å². The van der Waals surface area contributed by atoms with Crippen LogP contribution >= 0.6 is 0 Å². The van der Waals surface area contributed by atoms with Crippen LogP contribution in [0.25, 0.3) is 11.3 Å². The van der Waals surface area contributed by atoms with Crippen molar-refractivity contribution in [3.05, 3.63) is 94.0 Å². The molecule has 0 atom stereocenters. The standard InChI is InChI=1S/C29H35FN6O2.C2H6/c1-20(15-21(2)26(7-11-31-3)36-14-10-24(32-4)17-27(36)37)19-35-12-8-22(9-13-35)28-25(30)16-23(18-33-28)29(38)34(5)6;1-2/h7-8,10-11,14-18,32H,2,9,12-13,19H2,1,3-6H3;1-2H3/b20-15+,26-7+,31-11?;. The van der Waals surface area contributed by atoms with Gasteiger partial charge in [0, 0.05) is 78.2 Å². The van der Waals surface area contributed by atoms with E-state index in [1.807, 2.05) is 39.0 Å². The van der Waals surface area contributed by atoms with Gasteiger partial charge in [0.05, 0.1) is 11.3 Å². The lowest BCUT2D eigenvalue weighted by atomic mass is 10.0. The summed E-state index contributed by atoms with van der Waals surface area (Å²) in [7, 11) is 6.68. The first-order chi connectivity index (χ1) is 19.1. The highest BCUT2D eigenvalue weighted by Crippen LogP contribution is 2.25. The maximum Gasteiger partial charge on any atom is 0.257 e. The topological polar surface area (TPSA) is 82.8 Å². The van der Waals surface area contributed by atoms with Gasteiger partial charge < -0.3 is 10.2 Å². The summed E-state index contributed by atoms with van der Waals surface area (Å²) < 4.78 is 16.3. The molecule has 0 spiro atoms. The maximum absolute atomic E-state index is 14.7. The Morgan fingerprint density at radius 2 is 2.02 bits per heavy atom. The molecule has 0 radical (unpaired) electrons. The highest BCUT2D eigenvalue weighted by molar-refractivity contribution is 5.93. The minimum Gasteiger partial charge on any atom is -0.388 e. The smallest absolute Gasteiger partial charge is 0.257 e. The highest BCUT2D eigenvalue weighted by Gasteiger charge is 2.19. The molecule has 8 nitrogen and oxygen atoms in total. The average Bonchev–Trinajstić information content (AvgIpc) is 2.94. The van der Waals surface area contributed by atoms with Crippen LogP contribution in [0.4, 0.5) is 10.1 Å². The quantitative estimate of drug-likeness (QED) is 0.353. The Kier molecular flexibility index (Phi) is 12.4. The Labute approximate surface area is 236 Å². The van der Waals surface area contributed by atoms with Crippen LogP contribution in [-0.4, -0.2) is 79.3 Å². The molecule has 40 heavy (non-hydrogen) atoms. The first kappa shape index (κ1) is 32.1. The van der Waals surface area contributed by atoms with E-state index in [1.54, 1.807) is 51.2 Å². The van der Waals surface area contributed by atoms with Crippen LogP contribution in [-0.2, 0) is 0 Å². The molecule has 3 heterocycles. The van der Waals surface area contributed by atoms with Crippen molar-refractivity contribution in [3.8, 4) is 0 Å². The Bertz CT molecular complexity index is 1380. The number of amides is 1. The Morgan fingerprint density at radius 1 is 1.30 bits per heavy atom. The molecule has 214 valence electrons. The molecular formula is C31H41FN6O2. The molecule has 1 aliphatic rings. The summed E-state index contributed by atoms with van der Waals surface area (Å²) in [5, 5.41) is 2.97. The van der Waals surface area contributed by atoms with Gasteiger partial charge in [-0.25, -0.2) is 4.39 Å². The highest BCUT2D eigenvalue weighted by atomic mass is 19.1. The van der Waals surface area contributed by atoms with Crippen molar-refractivity contribution in [1.29, 1.82) is 0 Å². The predicted octanol–water partition coefficient (Wildman–Crippen LogP) is 4.99. The van der Waals surface area contributed by atoms with Crippen LogP contribution in [0.5, 0.6) is 0 Å². The third kappa shape index (κ3) is 8.44. The number of carbonyl (C=O) groups is 1. The number of hydrogen-bond donors (Lipinski definition) is 1. The number of allylic oxidation sites excluding steroid dienone is 4. The molecule has 3 rings (SSSR count). The van der Waals surface area contributed by atoms with Gasteiger partial charge in [0.15, 0.2) is 0 Å². The van der Waals surface area contributed by atoms with Crippen LogP contribution < -0.4 is 10.9 Å². The summed E-state index contributed by atoms with van der Waals surface area (Å²) in [4.78, 5) is 36.7. The number of anilines is 1. The third-order valence-corrected chi connectivity index (χ3v) is 6.16. The number of hydrogen-bond acceptors (Lipinski definition) is 6. The minimum absolute atomic E-state index is 0.173. The summed E-state index contributed by atoms with van der Waals surface area (Å²) in [5.41, 5.74) is 4.32. The van der Waals surface area contributed by atoms with E-state index in [9.17, 15) is 14.0 Å². The predicted molar refractivity (Wildman–Crippen MR) is 164 cm³/mol. The van der Waals surface area contributed by atoms with Gasteiger partial charge >= 0.3 is 0 Å². The lowest BCUT2D eigenvalue weighted by Gasteiger charge is -2.26. The van der Waals surface area contributed by atoms with Gasteiger partial charge in [0.2, 0.25) is 0 Å². The van der Waals surface area contributed by atoms with Crippen molar-refractivity contribution in [2.24, 2.45) is 4.99 Å². The molecule has 0 saturated heterocycles. The lowest BCUT2D eigenvalue weighted by molar-refractivity contribution is 0.0826. The Hall–Kier alpha value is -4.11. The molecular weight excluding hydrogens is 507 g/mol. The van der Waals surface area contributed by atoms with E-state index >= 15 is 0 Å². The molecule has 1 N–H and O–H groups in total. The number of nitrogens with one attached hydrogen (secondary N) is 1. The zero-order chi connectivity index (χ0) is 29.8. The van der Waals surface area contributed by atoms with Crippen LogP contribution in [0.3, 0.4) is 0 Å². The Balaban J connectivity index is 0.00000274. The van der Waals surface area contributed by atoms with Gasteiger partial charge in [-0.1, -0.05) is 38.2 Å². The first-order valence-electron chi connectivity index (χ1n) is 13.3. The van der Waals surface area contributed by atoms with E-state index in [0.717, 1.165) is 23.4 Å². The molecule has 1 aliphatic heterocycles. The first-order valence-corrected chi connectivity index (χ1v) is 13.3. The normalized spacial score (nSPS) is 14.3. The number of aromatic nitrogens is 2. The monoisotopic (exact) mass is 548 g/mol. The third-order valence-electron chi connectivity index (χ3n) is 6.16. The second-order valence-electron chi connectivity index (χ2n) is 9.32. The molecule has 0 aliphatic carbocycles. The van der Waals surface area contributed by atoms with Gasteiger partial charge in [0.25, 0.3) is 11.5 Å². The number of nitrogens with zero attached hydrogens (tertiary/aromatic N) is 5. The molecule has 0 fully saturated rings. The summed E-state index contributed by atoms with van der Waals surface area (Å²) in [5.74, 6) is -0.770. The molecule has 2 aromatic heterocycles. The second kappa shape index (κ2) is 15.5. The van der Waals surface area contributed by atoms with E-state index < -0.39 is 5.82 Å². The van der Waals surface area contributed by atoms with Crippen molar-refractivity contribution >= 4 is 29.1 Å². The maximum atomic E-state index is 14.7. The summed E-state index contributed by atoms with van der Waals surface area (Å²) in [6, 6.07) is 4.61. The SMILES string of the molecule is C=C(/C=C(\C)CN1CC=C(c2ncc(C(=O)N(C)C)cc2F)CC1)/C(=C\C=NC)n1ccc(NC)cc1=O.CC. The van der Waals surface area contributed by atoms with Gasteiger partial charge in [-0.2, -0.15) is 0 Å². The van der Waals surface area contributed by atoms with Crippen LogP contribution in [0.2, 0.25) is 0 Å². The van der Waals surface area contributed by atoms with E-state index in [4.69, 9.17) is 0 Å². The summed E-state index contributed by atoms with van der Waals surface area (Å²) >= 11 is 0. The fraction of sp³-hybridized carbons (Fsp3) is 0.355. The molecule has 0 bridgehead atoms. The number of carbonyl (C=O) groups excluding carboxylic acids is 1. The molecule has 0 aromatic carbocycles. The zero-order valence-electron chi connectivity index (χ0n) is 24.7. The number of aliphatic imine (C=N–C) groups is 1. The van der Waals surface area contributed by atoms with Gasteiger partial charge in [0.1, 0.15) is 11.5 Å². The van der Waals surface area contributed by atoms with Crippen molar-refractivity contribution in [3.63, 3.8) is 0 Å². The van der Waals surface area contributed by atoms with Gasteiger partial charge in [-0.3, -0.25) is 29.0 Å². The fourth-order valence-corrected chi connectivity index (χ4v) is 4.21. The summed E-state index contributed by atoms with van der Waals surface area (Å²) in [6.45, 7) is 12.3. The van der Waals surface area contributed by atoms with E-state index in [-0.39, 0.29) is 17.0 Å². The molecule has 9 heteroatoms. The number of halogens is 1. The molecule has 0 saturated carbocycles. The minimum atomic E-state index is -0.488. The van der Waals surface area contributed by atoms with Gasteiger partial charge in [-0.05, 0) is 42.7 Å². The average molecular weight is 549 g/mol. The van der Waals surface area contributed by atoms with E-state index in [2.05, 4.69) is 26.8 Å². The molecule has 2 aromatic rings. The fourth-order valence-electron chi connectivity index (χ4n) is 4.21. The molecule has 1 amide bonds. The second-order valence-corrected chi connectivity index (χ2v) is 9.32. The Morgan fingerprint density at radius 3 is 2.58 bits per heavy atom. The number of rotatable bonds is 9. The van der Waals surface area contributed by atoms with E-state index in [0.29, 0.717) is 36.5 Å². The van der Waals surface area contributed by atoms with Crippen molar-refractivity contribution in [2.75, 3.05) is 53.1 Å². The van der Waals surface area contributed by atoms with Crippen molar-refractivity contribution in [2.45, 2.75) is 27.2 Å². The zero-order valence-corrected chi connectivity index (χ0v) is 24.7. The van der Waals surface area contributed by atoms with Gasteiger partial charge in [-0.15, -0.1) is 0 Å². The lowest BCUT2D eigenvalue weighted by Crippen LogP contribution is -2.30. The van der Waals surface area contributed by atoms with Crippen LogP contribution in [0, 0.1) is 5.82 Å². The van der Waals surface area contributed by atoms with Crippen LogP contribution in [0.1, 0.15) is 43.2 Å². The largest absolute Gasteiger partial charge is 0.388 e. The van der Waals surface area contributed by atoms with Crippen molar-refractivity contribution in [1.82, 2.24) is 19.4 Å². The van der Waals surface area contributed by atoms with E-state index in [1.165, 1.54) is 23.2 Å².